The van der Waals surface area contributed by atoms with Crippen LogP contribution in [0.3, 0.4) is 0 Å². The Bertz CT molecular complexity index is 252. The summed E-state index contributed by atoms with van der Waals surface area (Å²) in [6.45, 7) is 0.620. The highest BCUT2D eigenvalue weighted by Gasteiger charge is 2.41. The summed E-state index contributed by atoms with van der Waals surface area (Å²) in [5, 5.41) is 3.09. The second kappa shape index (κ2) is 4.04. The molecule has 1 N–H and O–H groups in total. The van der Waals surface area contributed by atoms with Gasteiger partial charge < -0.3 is 10.2 Å². The molecule has 1 atom stereocenters. The number of nitrogens with zero attached hydrogens (tertiary/aromatic N) is 1. The van der Waals surface area contributed by atoms with E-state index in [9.17, 15) is 13.6 Å². The van der Waals surface area contributed by atoms with E-state index in [-0.39, 0.29) is 24.9 Å². The summed E-state index contributed by atoms with van der Waals surface area (Å²) < 4.78 is 25.8. The second-order valence-electron chi connectivity index (χ2n) is 4.37. The molecule has 0 aliphatic carbocycles. The van der Waals surface area contributed by atoms with Crippen LogP contribution in [0.25, 0.3) is 0 Å². The fourth-order valence-corrected chi connectivity index (χ4v) is 2.21. The number of piperidine rings is 1. The number of nitrogens with one attached hydrogen (secondary N) is 1. The van der Waals surface area contributed by atoms with Crippen molar-refractivity contribution < 1.29 is 13.6 Å². The number of likely N-dealkylation sites (tertiary alicyclic amines) is 1. The van der Waals surface area contributed by atoms with Gasteiger partial charge in [0.15, 0.2) is 0 Å². The van der Waals surface area contributed by atoms with Gasteiger partial charge >= 0.3 is 0 Å². The zero-order chi connectivity index (χ0) is 10.9. The van der Waals surface area contributed by atoms with Crippen LogP contribution in [0, 0.1) is 0 Å². The summed E-state index contributed by atoms with van der Waals surface area (Å²) in [6.07, 6.45) is 2.67. The number of hydrogen-bond acceptors (Lipinski definition) is 2. The van der Waals surface area contributed by atoms with Crippen LogP contribution in [-0.2, 0) is 4.79 Å². The van der Waals surface area contributed by atoms with E-state index >= 15 is 0 Å². The molecule has 0 aromatic rings. The number of hydrogen-bond donors (Lipinski definition) is 1. The van der Waals surface area contributed by atoms with Crippen LogP contribution in [0.15, 0.2) is 0 Å². The molecule has 2 fully saturated rings. The van der Waals surface area contributed by atoms with Crippen LogP contribution in [0.1, 0.15) is 25.7 Å². The summed E-state index contributed by atoms with van der Waals surface area (Å²) in [4.78, 5) is 13.1. The number of amides is 1. The van der Waals surface area contributed by atoms with E-state index in [1.165, 1.54) is 4.90 Å². The van der Waals surface area contributed by atoms with Gasteiger partial charge in [-0.05, 0) is 19.4 Å². The van der Waals surface area contributed by atoms with Gasteiger partial charge in [-0.3, -0.25) is 4.79 Å². The Labute approximate surface area is 87.8 Å². The van der Waals surface area contributed by atoms with Gasteiger partial charge in [-0.25, -0.2) is 8.78 Å². The first-order valence-electron chi connectivity index (χ1n) is 5.48. The van der Waals surface area contributed by atoms with E-state index in [2.05, 4.69) is 5.32 Å². The Morgan fingerprint density at radius 3 is 2.73 bits per heavy atom. The van der Waals surface area contributed by atoms with Gasteiger partial charge in [0.25, 0.3) is 5.92 Å². The van der Waals surface area contributed by atoms with Crippen molar-refractivity contribution in [2.75, 3.05) is 19.6 Å². The lowest BCUT2D eigenvalue weighted by molar-refractivity contribution is -0.134. The largest absolute Gasteiger partial charge is 0.335 e. The molecule has 0 aromatic carbocycles. The van der Waals surface area contributed by atoms with Crippen molar-refractivity contribution in [2.24, 2.45) is 0 Å². The third-order valence-corrected chi connectivity index (χ3v) is 3.09. The molecule has 0 radical (unpaired) electrons. The quantitative estimate of drug-likeness (QED) is 0.712. The topological polar surface area (TPSA) is 32.3 Å². The molecular weight excluding hydrogens is 202 g/mol. The van der Waals surface area contributed by atoms with Crippen molar-refractivity contribution in [1.82, 2.24) is 10.2 Å². The maximum absolute atomic E-state index is 12.9. The van der Waals surface area contributed by atoms with Crippen LogP contribution in [-0.4, -0.2) is 42.4 Å². The number of halogens is 2. The van der Waals surface area contributed by atoms with Crippen molar-refractivity contribution in [3.05, 3.63) is 0 Å². The van der Waals surface area contributed by atoms with Gasteiger partial charge in [0.1, 0.15) is 0 Å². The maximum Gasteiger partial charge on any atom is 0.267 e. The zero-order valence-corrected chi connectivity index (χ0v) is 8.64. The van der Waals surface area contributed by atoms with E-state index in [0.717, 1.165) is 25.8 Å². The van der Waals surface area contributed by atoms with Gasteiger partial charge in [0.2, 0.25) is 5.91 Å². The third kappa shape index (κ3) is 2.45. The summed E-state index contributed by atoms with van der Waals surface area (Å²) >= 11 is 0. The number of carbonyl (C=O) groups is 1. The lowest BCUT2D eigenvalue weighted by Crippen LogP contribution is -2.48. The normalized spacial score (nSPS) is 30.5. The Hall–Kier alpha value is -0.710. The van der Waals surface area contributed by atoms with Crippen molar-refractivity contribution in [3.63, 3.8) is 0 Å². The van der Waals surface area contributed by atoms with Crippen molar-refractivity contribution in [2.45, 2.75) is 37.6 Å². The molecule has 0 spiro atoms. The van der Waals surface area contributed by atoms with E-state index in [1.54, 1.807) is 0 Å². The van der Waals surface area contributed by atoms with Crippen LogP contribution in [0.2, 0.25) is 0 Å². The summed E-state index contributed by atoms with van der Waals surface area (Å²) in [6, 6.07) is -0.229. The van der Waals surface area contributed by atoms with E-state index < -0.39 is 12.5 Å². The van der Waals surface area contributed by atoms with Gasteiger partial charge in [0, 0.05) is 13.0 Å². The highest BCUT2D eigenvalue weighted by Crippen LogP contribution is 2.27. The molecule has 1 amide bonds. The highest BCUT2D eigenvalue weighted by atomic mass is 19.3. The average molecular weight is 218 g/mol. The molecule has 2 saturated heterocycles. The fraction of sp³-hybridized carbons (Fsp3) is 0.900. The van der Waals surface area contributed by atoms with Crippen LogP contribution < -0.4 is 5.32 Å². The molecule has 15 heavy (non-hydrogen) atoms. The van der Waals surface area contributed by atoms with Crippen LogP contribution >= 0.6 is 0 Å². The number of alkyl halides is 2. The lowest BCUT2D eigenvalue weighted by Gasteiger charge is -2.27. The molecule has 0 saturated carbocycles. The molecule has 2 aliphatic heterocycles. The SMILES string of the molecule is O=C([C@@H]1CCCCN1)N1CCC(F)(F)C1. The van der Waals surface area contributed by atoms with Crippen LogP contribution in [0.5, 0.6) is 0 Å². The third-order valence-electron chi connectivity index (χ3n) is 3.09. The van der Waals surface area contributed by atoms with E-state index in [4.69, 9.17) is 0 Å². The molecule has 0 aromatic heterocycles. The van der Waals surface area contributed by atoms with Crippen molar-refractivity contribution >= 4 is 5.91 Å². The second-order valence-corrected chi connectivity index (χ2v) is 4.37. The molecule has 2 aliphatic rings. The molecule has 3 nitrogen and oxygen atoms in total. The summed E-state index contributed by atoms with van der Waals surface area (Å²) in [5.74, 6) is -2.82. The Balaban J connectivity index is 1.90. The Kier molecular flexibility index (Phi) is 2.91. The van der Waals surface area contributed by atoms with Gasteiger partial charge in [0.05, 0.1) is 12.6 Å². The smallest absolute Gasteiger partial charge is 0.267 e. The summed E-state index contributed by atoms with van der Waals surface area (Å²) in [7, 11) is 0. The monoisotopic (exact) mass is 218 g/mol. The van der Waals surface area contributed by atoms with Crippen LogP contribution in [0.4, 0.5) is 8.78 Å². The van der Waals surface area contributed by atoms with Crippen molar-refractivity contribution in [3.8, 4) is 0 Å². The first kappa shape index (κ1) is 10.8. The minimum absolute atomic E-state index is 0.146. The minimum atomic E-state index is -2.68. The standard InChI is InChI=1S/C10H16F2N2O/c11-10(12)4-6-14(7-10)9(15)8-3-1-2-5-13-8/h8,13H,1-7H2/t8-/m0/s1. The molecular formula is C10H16F2N2O. The zero-order valence-electron chi connectivity index (χ0n) is 8.64. The average Bonchev–Trinajstić information content (AvgIpc) is 2.59. The molecule has 2 heterocycles. The van der Waals surface area contributed by atoms with Crippen molar-refractivity contribution in [1.29, 1.82) is 0 Å². The van der Waals surface area contributed by atoms with Gasteiger partial charge in [-0.1, -0.05) is 6.42 Å². The maximum atomic E-state index is 12.9. The lowest BCUT2D eigenvalue weighted by atomic mass is 10.0. The Morgan fingerprint density at radius 2 is 2.20 bits per heavy atom. The van der Waals surface area contributed by atoms with Gasteiger partial charge in [-0.2, -0.15) is 0 Å². The minimum Gasteiger partial charge on any atom is -0.335 e. The molecule has 5 heteroatoms. The Morgan fingerprint density at radius 1 is 1.40 bits per heavy atom. The molecule has 86 valence electrons. The highest BCUT2D eigenvalue weighted by molar-refractivity contribution is 5.82. The fourth-order valence-electron chi connectivity index (χ4n) is 2.21. The first-order valence-corrected chi connectivity index (χ1v) is 5.48. The predicted molar refractivity (Wildman–Crippen MR) is 51.8 cm³/mol. The van der Waals surface area contributed by atoms with E-state index in [1.807, 2.05) is 0 Å². The molecule has 0 bridgehead atoms. The molecule has 2 rings (SSSR count). The predicted octanol–water partition coefficient (Wildman–Crippen LogP) is 0.996. The van der Waals surface area contributed by atoms with Gasteiger partial charge in [-0.15, -0.1) is 0 Å². The number of carbonyl (C=O) groups excluding carboxylic acids is 1. The first-order chi connectivity index (χ1) is 7.08. The summed E-state index contributed by atoms with van der Waals surface area (Å²) in [5.41, 5.74) is 0. The molecule has 0 unspecified atom stereocenters. The number of rotatable bonds is 1. The van der Waals surface area contributed by atoms with E-state index in [0.29, 0.717) is 0 Å².